The fourth-order valence-electron chi connectivity index (χ4n) is 1.83. The highest BCUT2D eigenvalue weighted by Gasteiger charge is 2.20. The summed E-state index contributed by atoms with van der Waals surface area (Å²) >= 11 is 11.9. The SMILES string of the molecule is CC(C)=CCC/C(C)=C/CNS(=O)(=O)c1c(Cl)cccc1Cl. The van der Waals surface area contributed by atoms with Crippen molar-refractivity contribution < 1.29 is 8.42 Å². The molecule has 0 bridgehead atoms. The van der Waals surface area contributed by atoms with Gasteiger partial charge in [0.2, 0.25) is 10.0 Å². The number of benzene rings is 1. The maximum atomic E-state index is 12.2. The second kappa shape index (κ2) is 8.73. The van der Waals surface area contributed by atoms with Crippen molar-refractivity contribution in [2.45, 2.75) is 38.5 Å². The fraction of sp³-hybridized carbons (Fsp3) is 0.375. The molecular formula is C16H21Cl2NO2S. The van der Waals surface area contributed by atoms with Gasteiger partial charge < -0.3 is 0 Å². The van der Waals surface area contributed by atoms with Crippen LogP contribution in [0, 0.1) is 0 Å². The maximum absolute atomic E-state index is 12.2. The molecule has 1 N–H and O–H groups in total. The van der Waals surface area contributed by atoms with Crippen molar-refractivity contribution in [3.8, 4) is 0 Å². The number of hydrogen-bond acceptors (Lipinski definition) is 2. The molecule has 0 radical (unpaired) electrons. The Morgan fingerprint density at radius 1 is 1.14 bits per heavy atom. The van der Waals surface area contributed by atoms with Gasteiger partial charge in [-0.05, 0) is 45.7 Å². The van der Waals surface area contributed by atoms with E-state index in [0.717, 1.165) is 18.4 Å². The van der Waals surface area contributed by atoms with Crippen LogP contribution >= 0.6 is 23.2 Å². The quantitative estimate of drug-likeness (QED) is 0.697. The first-order chi connectivity index (χ1) is 10.2. The third kappa shape index (κ3) is 6.13. The van der Waals surface area contributed by atoms with Gasteiger partial charge in [-0.2, -0.15) is 0 Å². The molecule has 0 aliphatic heterocycles. The third-order valence-corrected chi connectivity index (χ3v) is 5.38. The summed E-state index contributed by atoms with van der Waals surface area (Å²) in [6.07, 6.45) is 5.87. The first-order valence-corrected chi connectivity index (χ1v) is 9.20. The van der Waals surface area contributed by atoms with Crippen LogP contribution in [0.2, 0.25) is 10.0 Å². The van der Waals surface area contributed by atoms with E-state index in [0.29, 0.717) is 0 Å². The van der Waals surface area contributed by atoms with Crippen molar-refractivity contribution in [1.29, 1.82) is 0 Å². The molecule has 22 heavy (non-hydrogen) atoms. The minimum atomic E-state index is -3.72. The molecule has 0 heterocycles. The van der Waals surface area contributed by atoms with Crippen molar-refractivity contribution >= 4 is 33.2 Å². The van der Waals surface area contributed by atoms with Crippen LogP contribution in [0.25, 0.3) is 0 Å². The molecule has 1 rings (SSSR count). The molecule has 1 aromatic carbocycles. The van der Waals surface area contributed by atoms with E-state index >= 15 is 0 Å². The minimum absolute atomic E-state index is 0.0751. The Kier molecular flexibility index (Phi) is 7.63. The first-order valence-electron chi connectivity index (χ1n) is 6.96. The van der Waals surface area contributed by atoms with E-state index in [1.165, 1.54) is 17.7 Å². The normalized spacial score (nSPS) is 12.3. The predicted molar refractivity (Wildman–Crippen MR) is 94.1 cm³/mol. The first kappa shape index (κ1) is 19.2. The molecule has 0 unspecified atom stereocenters. The molecule has 0 saturated heterocycles. The zero-order valence-corrected chi connectivity index (χ0v) is 15.3. The van der Waals surface area contributed by atoms with Gasteiger partial charge in [-0.3, -0.25) is 0 Å². The second-order valence-electron chi connectivity index (χ2n) is 5.27. The summed E-state index contributed by atoms with van der Waals surface area (Å²) < 4.78 is 27.0. The van der Waals surface area contributed by atoms with E-state index < -0.39 is 10.0 Å². The Hall–Kier alpha value is -0.810. The molecule has 0 saturated carbocycles. The molecular weight excluding hydrogens is 341 g/mol. The summed E-state index contributed by atoms with van der Waals surface area (Å²) in [5.74, 6) is 0. The molecule has 0 amide bonds. The average Bonchev–Trinajstić information content (AvgIpc) is 2.37. The van der Waals surface area contributed by atoms with Crippen molar-refractivity contribution in [1.82, 2.24) is 4.72 Å². The van der Waals surface area contributed by atoms with Crippen LogP contribution in [-0.2, 0) is 10.0 Å². The Bertz CT molecular complexity index is 655. The van der Waals surface area contributed by atoms with E-state index in [4.69, 9.17) is 23.2 Å². The number of halogens is 2. The molecule has 0 aromatic heterocycles. The summed E-state index contributed by atoms with van der Waals surface area (Å²) in [5.41, 5.74) is 2.41. The number of nitrogens with one attached hydrogen (secondary N) is 1. The van der Waals surface area contributed by atoms with Crippen molar-refractivity contribution in [3.05, 3.63) is 51.5 Å². The van der Waals surface area contributed by atoms with Crippen molar-refractivity contribution in [2.24, 2.45) is 0 Å². The van der Waals surface area contributed by atoms with Gasteiger partial charge in [-0.15, -0.1) is 0 Å². The van der Waals surface area contributed by atoms with Crippen LogP contribution in [0.5, 0.6) is 0 Å². The summed E-state index contributed by atoms with van der Waals surface area (Å²) in [5, 5.41) is 0.230. The molecule has 122 valence electrons. The Morgan fingerprint density at radius 2 is 1.73 bits per heavy atom. The second-order valence-corrected chi connectivity index (χ2v) is 7.79. The lowest BCUT2D eigenvalue weighted by Crippen LogP contribution is -2.24. The Labute approximate surface area is 143 Å². The molecule has 0 atom stereocenters. The zero-order chi connectivity index (χ0) is 16.8. The van der Waals surface area contributed by atoms with Crippen LogP contribution < -0.4 is 4.72 Å². The molecule has 0 aliphatic rings. The largest absolute Gasteiger partial charge is 0.243 e. The van der Waals surface area contributed by atoms with Gasteiger partial charge in [-0.25, -0.2) is 13.1 Å². The van der Waals surface area contributed by atoms with Gasteiger partial charge >= 0.3 is 0 Å². The number of hydrogen-bond donors (Lipinski definition) is 1. The van der Waals surface area contributed by atoms with Gasteiger partial charge in [-0.1, -0.05) is 52.6 Å². The molecule has 0 spiro atoms. The highest BCUT2D eigenvalue weighted by Crippen LogP contribution is 2.28. The lowest BCUT2D eigenvalue weighted by molar-refractivity contribution is 0.585. The van der Waals surface area contributed by atoms with Crippen LogP contribution in [0.1, 0.15) is 33.6 Å². The highest BCUT2D eigenvalue weighted by atomic mass is 35.5. The van der Waals surface area contributed by atoms with Gasteiger partial charge in [0.1, 0.15) is 4.90 Å². The lowest BCUT2D eigenvalue weighted by atomic mass is 10.1. The van der Waals surface area contributed by atoms with Crippen LogP contribution in [0.4, 0.5) is 0 Å². The van der Waals surface area contributed by atoms with Gasteiger partial charge in [0, 0.05) is 6.54 Å². The lowest BCUT2D eigenvalue weighted by Gasteiger charge is -2.09. The monoisotopic (exact) mass is 361 g/mol. The van der Waals surface area contributed by atoms with Crippen molar-refractivity contribution in [3.63, 3.8) is 0 Å². The average molecular weight is 362 g/mol. The van der Waals surface area contributed by atoms with Gasteiger partial charge in [0.05, 0.1) is 10.0 Å². The molecule has 3 nitrogen and oxygen atoms in total. The molecule has 0 aliphatic carbocycles. The fourth-order valence-corrected chi connectivity index (χ4v) is 3.93. The van der Waals surface area contributed by atoms with E-state index in [2.05, 4.69) is 24.6 Å². The van der Waals surface area contributed by atoms with Crippen LogP contribution in [-0.4, -0.2) is 15.0 Å². The topological polar surface area (TPSA) is 46.2 Å². The van der Waals surface area contributed by atoms with Crippen LogP contribution in [0.3, 0.4) is 0 Å². The van der Waals surface area contributed by atoms with Crippen molar-refractivity contribution in [2.75, 3.05) is 6.54 Å². The molecule has 0 fully saturated rings. The maximum Gasteiger partial charge on any atom is 0.243 e. The van der Waals surface area contributed by atoms with Crippen LogP contribution in [0.15, 0.2) is 46.4 Å². The smallest absolute Gasteiger partial charge is 0.207 e. The summed E-state index contributed by atoms with van der Waals surface area (Å²) in [6.45, 7) is 6.31. The highest BCUT2D eigenvalue weighted by molar-refractivity contribution is 7.89. The molecule has 1 aromatic rings. The minimum Gasteiger partial charge on any atom is -0.207 e. The number of sulfonamides is 1. The van der Waals surface area contributed by atoms with E-state index in [1.54, 1.807) is 6.07 Å². The van der Waals surface area contributed by atoms with E-state index in [-0.39, 0.29) is 21.5 Å². The standard InChI is InChI=1S/C16H21Cl2NO2S/c1-12(2)6-4-7-13(3)10-11-19-22(20,21)16-14(17)8-5-9-15(16)18/h5-6,8-10,19H,4,7,11H2,1-3H3/b13-10+. The van der Waals surface area contributed by atoms with E-state index in [1.807, 2.05) is 13.0 Å². The predicted octanol–water partition coefficient (Wildman–Crippen LogP) is 4.96. The van der Waals surface area contributed by atoms with Gasteiger partial charge in [0.25, 0.3) is 0 Å². The third-order valence-electron chi connectivity index (χ3n) is 3.00. The molecule has 6 heteroatoms. The zero-order valence-electron chi connectivity index (χ0n) is 13.0. The van der Waals surface area contributed by atoms with E-state index in [9.17, 15) is 8.42 Å². The Balaban J connectivity index is 2.69. The number of allylic oxidation sites excluding steroid dienone is 3. The Morgan fingerprint density at radius 3 is 2.27 bits per heavy atom. The summed E-state index contributed by atoms with van der Waals surface area (Å²) in [4.78, 5) is -0.0751. The number of rotatable bonds is 7. The summed E-state index contributed by atoms with van der Waals surface area (Å²) in [6, 6.07) is 4.61. The summed E-state index contributed by atoms with van der Waals surface area (Å²) in [7, 11) is -3.72. The van der Waals surface area contributed by atoms with Gasteiger partial charge in [0.15, 0.2) is 0 Å².